The van der Waals surface area contributed by atoms with E-state index in [0.717, 1.165) is 11.4 Å². The average molecular weight is 342 g/mol. The van der Waals surface area contributed by atoms with Gasteiger partial charge in [0.05, 0.1) is 11.6 Å². The van der Waals surface area contributed by atoms with Crippen LogP contribution in [0.25, 0.3) is 0 Å². The standard InChI is InChI=1S/C20H26N2O3/c1-13(10-11-19(23)24)21-20(25)18-12-14(2)22(16(18)4)15(3)17-8-6-5-7-9-17/h5-9,12-13,15H,10-11H2,1-4H3,(H,21,25)(H,23,24). The first kappa shape index (κ1) is 18.8. The molecule has 134 valence electrons. The zero-order chi connectivity index (χ0) is 18.6. The van der Waals surface area contributed by atoms with E-state index in [0.29, 0.717) is 12.0 Å². The number of carboxylic acids is 1. The predicted octanol–water partition coefficient (Wildman–Crippen LogP) is 3.70. The molecule has 5 heteroatoms. The summed E-state index contributed by atoms with van der Waals surface area (Å²) in [5.41, 5.74) is 3.77. The SMILES string of the molecule is Cc1cc(C(=O)NC(C)CCC(=O)O)c(C)n1C(C)c1ccccc1. The normalized spacial score (nSPS) is 13.3. The molecule has 5 nitrogen and oxygen atoms in total. The van der Waals surface area contributed by atoms with Gasteiger partial charge in [0.15, 0.2) is 0 Å². The van der Waals surface area contributed by atoms with Gasteiger partial charge in [-0.15, -0.1) is 0 Å². The molecule has 0 bridgehead atoms. The maximum Gasteiger partial charge on any atom is 0.303 e. The first-order valence-corrected chi connectivity index (χ1v) is 8.57. The molecule has 1 aromatic heterocycles. The summed E-state index contributed by atoms with van der Waals surface area (Å²) in [6.45, 7) is 7.89. The van der Waals surface area contributed by atoms with Crippen molar-refractivity contribution < 1.29 is 14.7 Å². The third kappa shape index (κ3) is 4.50. The molecular weight excluding hydrogens is 316 g/mol. The Labute approximate surface area is 148 Å². The molecule has 0 radical (unpaired) electrons. The van der Waals surface area contributed by atoms with Gasteiger partial charge in [0.25, 0.3) is 5.91 Å². The Kier molecular flexibility index (Phi) is 6.02. The quantitative estimate of drug-likeness (QED) is 0.806. The van der Waals surface area contributed by atoms with Crippen LogP contribution in [0.3, 0.4) is 0 Å². The van der Waals surface area contributed by atoms with Crippen LogP contribution in [0.5, 0.6) is 0 Å². The maximum absolute atomic E-state index is 12.6. The smallest absolute Gasteiger partial charge is 0.303 e. The number of carbonyl (C=O) groups is 2. The first-order chi connectivity index (χ1) is 11.8. The highest BCUT2D eigenvalue weighted by molar-refractivity contribution is 5.96. The fourth-order valence-electron chi connectivity index (χ4n) is 3.20. The van der Waals surface area contributed by atoms with Crippen molar-refractivity contribution in [3.8, 4) is 0 Å². The topological polar surface area (TPSA) is 71.3 Å². The zero-order valence-electron chi connectivity index (χ0n) is 15.2. The van der Waals surface area contributed by atoms with Crippen molar-refractivity contribution in [1.82, 2.24) is 9.88 Å². The van der Waals surface area contributed by atoms with Crippen LogP contribution < -0.4 is 5.32 Å². The number of carbonyl (C=O) groups excluding carboxylic acids is 1. The van der Waals surface area contributed by atoms with E-state index in [2.05, 4.69) is 28.9 Å². The van der Waals surface area contributed by atoms with Crippen LogP contribution in [0.1, 0.15) is 60.0 Å². The number of rotatable bonds is 7. The molecule has 0 aliphatic heterocycles. The third-order valence-electron chi connectivity index (χ3n) is 4.57. The molecule has 2 unspecified atom stereocenters. The van der Waals surface area contributed by atoms with Crippen molar-refractivity contribution in [3.05, 3.63) is 58.9 Å². The third-order valence-corrected chi connectivity index (χ3v) is 4.57. The van der Waals surface area contributed by atoms with Crippen molar-refractivity contribution in [3.63, 3.8) is 0 Å². The lowest BCUT2D eigenvalue weighted by atomic mass is 10.1. The van der Waals surface area contributed by atoms with Crippen LogP contribution in [0.15, 0.2) is 36.4 Å². The number of aryl methyl sites for hydroxylation is 1. The molecule has 0 spiro atoms. The van der Waals surface area contributed by atoms with Gasteiger partial charge in [-0.05, 0) is 45.7 Å². The number of carboxylic acid groups (broad SMARTS) is 1. The van der Waals surface area contributed by atoms with Crippen LogP contribution in [0.2, 0.25) is 0 Å². The largest absolute Gasteiger partial charge is 0.481 e. The number of aromatic nitrogens is 1. The maximum atomic E-state index is 12.6. The van der Waals surface area contributed by atoms with E-state index in [9.17, 15) is 9.59 Å². The number of amides is 1. The summed E-state index contributed by atoms with van der Waals surface area (Å²) in [5, 5.41) is 11.6. The van der Waals surface area contributed by atoms with Crippen molar-refractivity contribution in [2.75, 3.05) is 0 Å². The summed E-state index contributed by atoms with van der Waals surface area (Å²) in [7, 11) is 0. The highest BCUT2D eigenvalue weighted by Gasteiger charge is 2.20. The summed E-state index contributed by atoms with van der Waals surface area (Å²) in [5.74, 6) is -1.01. The molecule has 25 heavy (non-hydrogen) atoms. The molecule has 0 aliphatic rings. The lowest BCUT2D eigenvalue weighted by molar-refractivity contribution is -0.137. The minimum Gasteiger partial charge on any atom is -0.481 e. The Hall–Kier alpha value is -2.56. The summed E-state index contributed by atoms with van der Waals surface area (Å²) < 4.78 is 2.16. The molecule has 2 N–H and O–H groups in total. The second-order valence-electron chi connectivity index (χ2n) is 6.55. The Morgan fingerprint density at radius 1 is 1.16 bits per heavy atom. The van der Waals surface area contributed by atoms with Crippen LogP contribution in [0, 0.1) is 13.8 Å². The van der Waals surface area contributed by atoms with Crippen molar-refractivity contribution >= 4 is 11.9 Å². The molecule has 1 amide bonds. The van der Waals surface area contributed by atoms with Gasteiger partial charge in [0, 0.05) is 23.9 Å². The second kappa shape index (κ2) is 8.01. The van der Waals surface area contributed by atoms with Crippen LogP contribution in [0.4, 0.5) is 0 Å². The van der Waals surface area contributed by atoms with Gasteiger partial charge in [0.2, 0.25) is 0 Å². The molecule has 2 rings (SSSR count). The van der Waals surface area contributed by atoms with Gasteiger partial charge in [-0.25, -0.2) is 0 Å². The monoisotopic (exact) mass is 342 g/mol. The molecule has 0 saturated heterocycles. The average Bonchev–Trinajstić information content (AvgIpc) is 2.88. The molecule has 1 aromatic carbocycles. The number of nitrogens with one attached hydrogen (secondary N) is 1. The van der Waals surface area contributed by atoms with Gasteiger partial charge < -0.3 is 15.0 Å². The summed E-state index contributed by atoms with van der Waals surface area (Å²) in [6, 6.07) is 12.0. The van der Waals surface area contributed by atoms with Gasteiger partial charge in [-0.1, -0.05) is 30.3 Å². The van der Waals surface area contributed by atoms with Crippen LogP contribution in [-0.4, -0.2) is 27.6 Å². The molecule has 2 aromatic rings. The summed E-state index contributed by atoms with van der Waals surface area (Å²) >= 11 is 0. The summed E-state index contributed by atoms with van der Waals surface area (Å²) in [6.07, 6.45) is 0.464. The van der Waals surface area contributed by atoms with E-state index in [1.165, 1.54) is 5.56 Å². The summed E-state index contributed by atoms with van der Waals surface area (Å²) in [4.78, 5) is 23.2. The second-order valence-corrected chi connectivity index (χ2v) is 6.55. The highest BCUT2D eigenvalue weighted by atomic mass is 16.4. The Morgan fingerprint density at radius 2 is 1.80 bits per heavy atom. The minimum atomic E-state index is -0.851. The molecular formula is C20H26N2O3. The van der Waals surface area contributed by atoms with Gasteiger partial charge >= 0.3 is 5.97 Å². The molecule has 0 fully saturated rings. The van der Waals surface area contributed by atoms with Crippen molar-refractivity contribution in [2.24, 2.45) is 0 Å². The van der Waals surface area contributed by atoms with Crippen LogP contribution >= 0.6 is 0 Å². The number of hydrogen-bond acceptors (Lipinski definition) is 2. The zero-order valence-corrected chi connectivity index (χ0v) is 15.2. The van der Waals surface area contributed by atoms with E-state index in [4.69, 9.17) is 5.11 Å². The Bertz CT molecular complexity index is 750. The molecule has 2 atom stereocenters. The van der Waals surface area contributed by atoms with E-state index >= 15 is 0 Å². The number of aliphatic carboxylic acids is 1. The van der Waals surface area contributed by atoms with E-state index in [1.807, 2.05) is 45.0 Å². The van der Waals surface area contributed by atoms with E-state index < -0.39 is 5.97 Å². The molecule has 0 aliphatic carbocycles. The van der Waals surface area contributed by atoms with Gasteiger partial charge in [-0.2, -0.15) is 0 Å². The first-order valence-electron chi connectivity index (χ1n) is 8.57. The molecule has 1 heterocycles. The van der Waals surface area contributed by atoms with Crippen molar-refractivity contribution in [2.45, 2.75) is 52.6 Å². The fraction of sp³-hybridized carbons (Fsp3) is 0.400. The van der Waals surface area contributed by atoms with Crippen LogP contribution in [-0.2, 0) is 4.79 Å². The highest BCUT2D eigenvalue weighted by Crippen LogP contribution is 2.25. The van der Waals surface area contributed by atoms with Gasteiger partial charge in [0.1, 0.15) is 0 Å². The van der Waals surface area contributed by atoms with Gasteiger partial charge in [-0.3, -0.25) is 9.59 Å². The molecule has 0 saturated carbocycles. The number of benzene rings is 1. The Morgan fingerprint density at radius 3 is 2.40 bits per heavy atom. The van der Waals surface area contributed by atoms with E-state index in [-0.39, 0.29) is 24.4 Å². The Balaban J connectivity index is 2.18. The predicted molar refractivity (Wildman–Crippen MR) is 98.0 cm³/mol. The lowest BCUT2D eigenvalue weighted by Crippen LogP contribution is -2.33. The van der Waals surface area contributed by atoms with Crippen molar-refractivity contribution in [1.29, 1.82) is 0 Å². The lowest BCUT2D eigenvalue weighted by Gasteiger charge is -2.19. The minimum absolute atomic E-state index is 0.0471. The number of nitrogens with zero attached hydrogens (tertiary/aromatic N) is 1. The van der Waals surface area contributed by atoms with E-state index in [1.54, 1.807) is 0 Å². The number of hydrogen-bond donors (Lipinski definition) is 2. The fourth-order valence-corrected chi connectivity index (χ4v) is 3.20.